The van der Waals surface area contributed by atoms with Crippen molar-refractivity contribution in [3.05, 3.63) is 41.8 Å². The highest BCUT2D eigenvalue weighted by Gasteiger charge is 2.27. The van der Waals surface area contributed by atoms with E-state index in [0.717, 1.165) is 19.4 Å². The normalized spacial score (nSPS) is 17.5. The van der Waals surface area contributed by atoms with Crippen LogP contribution in [0.4, 0.5) is 4.39 Å². The molecule has 3 rings (SSSR count). The minimum Gasteiger partial charge on any atom is -0.493 e. The number of carbonyl (C=O) groups is 1. The Morgan fingerprint density at radius 1 is 1.48 bits per heavy atom. The van der Waals surface area contributed by atoms with E-state index in [9.17, 15) is 9.18 Å². The van der Waals surface area contributed by atoms with Gasteiger partial charge in [-0.3, -0.25) is 4.79 Å². The summed E-state index contributed by atoms with van der Waals surface area (Å²) in [5.41, 5.74) is 0. The molecule has 25 heavy (non-hydrogen) atoms. The lowest BCUT2D eigenvalue weighted by Gasteiger charge is -2.31. The van der Waals surface area contributed by atoms with Crippen LogP contribution in [0.3, 0.4) is 0 Å². The summed E-state index contributed by atoms with van der Waals surface area (Å²) in [6.45, 7) is 3.54. The molecule has 1 aromatic heterocycles. The van der Waals surface area contributed by atoms with Gasteiger partial charge in [0.05, 0.1) is 6.61 Å². The molecular weight excluding hydrogens is 325 g/mol. The molecule has 1 aliphatic heterocycles. The number of halogens is 1. The quantitative estimate of drug-likeness (QED) is 0.751. The molecule has 2 aromatic rings. The molecule has 0 radical (unpaired) electrons. The predicted molar refractivity (Wildman–Crippen MR) is 88.7 cm³/mol. The summed E-state index contributed by atoms with van der Waals surface area (Å²) >= 11 is 0. The zero-order chi connectivity index (χ0) is 17.6. The number of carbonyl (C=O) groups excluding carboxylic acids is 1. The smallest absolute Gasteiger partial charge is 0.223 e. The van der Waals surface area contributed by atoms with Crippen molar-refractivity contribution < 1.29 is 18.4 Å². The Morgan fingerprint density at radius 3 is 3.12 bits per heavy atom. The number of nitrogens with zero attached hydrogens (tertiary/aromatic N) is 3. The van der Waals surface area contributed by atoms with Gasteiger partial charge in [0.1, 0.15) is 11.6 Å². The molecule has 6 nitrogen and oxygen atoms in total. The van der Waals surface area contributed by atoms with E-state index in [-0.39, 0.29) is 17.6 Å². The molecule has 1 atom stereocenters. The molecule has 1 aliphatic rings. The van der Waals surface area contributed by atoms with Crippen LogP contribution >= 0.6 is 0 Å². The van der Waals surface area contributed by atoms with E-state index >= 15 is 0 Å². The van der Waals surface area contributed by atoms with Crippen LogP contribution < -0.4 is 4.74 Å². The number of aryl methyl sites for hydroxylation is 1. The van der Waals surface area contributed by atoms with E-state index < -0.39 is 0 Å². The maximum Gasteiger partial charge on any atom is 0.223 e. The second kappa shape index (κ2) is 8.09. The van der Waals surface area contributed by atoms with E-state index in [1.54, 1.807) is 19.1 Å². The van der Waals surface area contributed by atoms with Gasteiger partial charge in [-0.2, -0.15) is 4.98 Å². The van der Waals surface area contributed by atoms with Crippen LogP contribution in [0.1, 0.15) is 43.3 Å². The number of ether oxygens (including phenoxy) is 1. The summed E-state index contributed by atoms with van der Waals surface area (Å²) in [5.74, 6) is 1.63. The number of amides is 1. The van der Waals surface area contributed by atoms with Crippen LogP contribution in [0.2, 0.25) is 0 Å². The summed E-state index contributed by atoms with van der Waals surface area (Å²) in [7, 11) is 0. The number of hydrogen-bond donors (Lipinski definition) is 0. The van der Waals surface area contributed by atoms with Crippen LogP contribution in [0, 0.1) is 12.7 Å². The number of benzene rings is 1. The Morgan fingerprint density at radius 2 is 2.36 bits per heavy atom. The molecule has 1 fully saturated rings. The zero-order valence-corrected chi connectivity index (χ0v) is 14.3. The van der Waals surface area contributed by atoms with Gasteiger partial charge in [0.15, 0.2) is 5.82 Å². The Bertz CT molecular complexity index is 719. The van der Waals surface area contributed by atoms with E-state index in [1.807, 2.05) is 4.90 Å². The van der Waals surface area contributed by atoms with E-state index in [4.69, 9.17) is 9.26 Å². The molecule has 7 heteroatoms. The molecule has 0 saturated carbocycles. The van der Waals surface area contributed by atoms with Crippen molar-refractivity contribution in [2.24, 2.45) is 0 Å². The lowest BCUT2D eigenvalue weighted by molar-refractivity contribution is -0.132. The summed E-state index contributed by atoms with van der Waals surface area (Å²) in [6.07, 6.45) is 2.90. The van der Waals surface area contributed by atoms with Crippen molar-refractivity contribution in [3.63, 3.8) is 0 Å². The SMILES string of the molecule is Cc1nc([C@@H]2CCCN(C(=O)CCCOc3cccc(F)c3)C2)no1. The third-order valence-corrected chi connectivity index (χ3v) is 4.28. The first-order valence-electron chi connectivity index (χ1n) is 8.58. The topological polar surface area (TPSA) is 68.5 Å². The standard InChI is InChI=1S/C18H22FN3O3/c1-13-20-18(21-25-13)14-5-3-9-22(12-14)17(23)8-4-10-24-16-7-2-6-15(19)11-16/h2,6-7,11,14H,3-5,8-10,12H2,1H3/t14-/m1/s1. The average Bonchev–Trinajstić information content (AvgIpc) is 3.05. The fourth-order valence-corrected chi connectivity index (χ4v) is 3.02. The minimum atomic E-state index is -0.329. The van der Waals surface area contributed by atoms with Crippen LogP contribution in [0.25, 0.3) is 0 Å². The highest BCUT2D eigenvalue weighted by atomic mass is 19.1. The minimum absolute atomic E-state index is 0.104. The summed E-state index contributed by atoms with van der Waals surface area (Å²) < 4.78 is 23.6. The second-order valence-corrected chi connectivity index (χ2v) is 6.26. The molecule has 0 spiro atoms. The van der Waals surface area contributed by atoms with Crippen molar-refractivity contribution in [2.45, 2.75) is 38.5 Å². The molecule has 1 saturated heterocycles. The average molecular weight is 347 g/mol. The summed E-state index contributed by atoms with van der Waals surface area (Å²) in [5, 5.41) is 3.97. The molecule has 0 aliphatic carbocycles. The van der Waals surface area contributed by atoms with Crippen LogP contribution in [0.15, 0.2) is 28.8 Å². The number of aromatic nitrogens is 2. The maximum absolute atomic E-state index is 13.1. The van der Waals surface area contributed by atoms with Gasteiger partial charge >= 0.3 is 0 Å². The molecular formula is C18H22FN3O3. The van der Waals surface area contributed by atoms with Crippen molar-refractivity contribution >= 4 is 5.91 Å². The monoisotopic (exact) mass is 347 g/mol. The summed E-state index contributed by atoms with van der Waals surface area (Å²) in [4.78, 5) is 18.5. The largest absolute Gasteiger partial charge is 0.493 e. The first-order chi connectivity index (χ1) is 12.1. The molecule has 134 valence electrons. The van der Waals surface area contributed by atoms with Gasteiger partial charge in [-0.15, -0.1) is 0 Å². The number of rotatable bonds is 6. The van der Waals surface area contributed by atoms with Gasteiger partial charge in [-0.25, -0.2) is 4.39 Å². The van der Waals surface area contributed by atoms with Gasteiger partial charge in [-0.1, -0.05) is 11.2 Å². The first kappa shape index (κ1) is 17.4. The maximum atomic E-state index is 13.1. The summed E-state index contributed by atoms with van der Waals surface area (Å²) in [6, 6.07) is 6.01. The fourth-order valence-electron chi connectivity index (χ4n) is 3.02. The molecule has 0 bridgehead atoms. The lowest BCUT2D eigenvalue weighted by Crippen LogP contribution is -2.39. The second-order valence-electron chi connectivity index (χ2n) is 6.26. The molecule has 0 N–H and O–H groups in total. The first-order valence-corrected chi connectivity index (χ1v) is 8.58. The molecule has 0 unspecified atom stereocenters. The van der Waals surface area contributed by atoms with Gasteiger partial charge in [0.25, 0.3) is 0 Å². The molecule has 2 heterocycles. The predicted octanol–water partition coefficient (Wildman–Crippen LogP) is 3.08. The van der Waals surface area contributed by atoms with Crippen LogP contribution in [-0.4, -0.2) is 40.6 Å². The molecule has 1 aromatic carbocycles. The van der Waals surface area contributed by atoms with Crippen molar-refractivity contribution in [3.8, 4) is 5.75 Å². The van der Waals surface area contributed by atoms with Crippen molar-refractivity contribution in [1.29, 1.82) is 0 Å². The third-order valence-electron chi connectivity index (χ3n) is 4.28. The van der Waals surface area contributed by atoms with Crippen molar-refractivity contribution in [2.75, 3.05) is 19.7 Å². The third kappa shape index (κ3) is 4.78. The number of piperidine rings is 1. The van der Waals surface area contributed by atoms with Gasteiger partial charge < -0.3 is 14.2 Å². The fraction of sp³-hybridized carbons (Fsp3) is 0.500. The Hall–Kier alpha value is -2.44. The Balaban J connectivity index is 1.43. The van der Waals surface area contributed by atoms with Crippen LogP contribution in [-0.2, 0) is 4.79 Å². The number of likely N-dealkylation sites (tertiary alicyclic amines) is 1. The highest BCUT2D eigenvalue weighted by Crippen LogP contribution is 2.25. The van der Waals surface area contributed by atoms with E-state index in [1.165, 1.54) is 12.1 Å². The Labute approximate surface area is 146 Å². The number of hydrogen-bond acceptors (Lipinski definition) is 5. The van der Waals surface area contributed by atoms with E-state index in [0.29, 0.717) is 43.5 Å². The van der Waals surface area contributed by atoms with Crippen LogP contribution in [0.5, 0.6) is 5.75 Å². The lowest BCUT2D eigenvalue weighted by atomic mass is 9.97. The zero-order valence-electron chi connectivity index (χ0n) is 14.3. The Kier molecular flexibility index (Phi) is 5.63. The highest BCUT2D eigenvalue weighted by molar-refractivity contribution is 5.76. The van der Waals surface area contributed by atoms with Gasteiger partial charge in [0.2, 0.25) is 11.8 Å². The molecule has 1 amide bonds. The van der Waals surface area contributed by atoms with E-state index in [2.05, 4.69) is 10.1 Å². The van der Waals surface area contributed by atoms with Gasteiger partial charge in [0, 0.05) is 38.4 Å². The van der Waals surface area contributed by atoms with Gasteiger partial charge in [-0.05, 0) is 31.4 Å². The van der Waals surface area contributed by atoms with Crippen molar-refractivity contribution in [1.82, 2.24) is 15.0 Å².